The Balaban J connectivity index is 2.54. The smallest absolute Gasteiger partial charge is 0.0298 e. The van der Waals surface area contributed by atoms with Gasteiger partial charge in [-0.3, -0.25) is 0 Å². The molecule has 0 amide bonds. The number of hydrogen-bond acceptors (Lipinski definition) is 0. The van der Waals surface area contributed by atoms with Crippen molar-refractivity contribution < 1.29 is 0 Å². The van der Waals surface area contributed by atoms with Gasteiger partial charge in [0.05, 0.1) is 0 Å². The zero-order valence-corrected chi connectivity index (χ0v) is 10.6. The van der Waals surface area contributed by atoms with Gasteiger partial charge in [-0.2, -0.15) is 0 Å². The number of hydrogen-bond donors (Lipinski definition) is 0. The molecule has 14 heavy (non-hydrogen) atoms. The third-order valence-electron chi connectivity index (χ3n) is 4.63. The van der Waals surface area contributed by atoms with Gasteiger partial charge >= 0.3 is 0 Å². The molecule has 1 radical (unpaired) electrons. The van der Waals surface area contributed by atoms with Crippen LogP contribution >= 0.6 is 0 Å². The zero-order chi connectivity index (χ0) is 10.8. The lowest BCUT2D eigenvalue weighted by Gasteiger charge is -2.42. The van der Waals surface area contributed by atoms with E-state index in [1.165, 1.54) is 25.7 Å². The summed E-state index contributed by atoms with van der Waals surface area (Å²) in [6.07, 6.45) is 8.09. The second kappa shape index (κ2) is 4.68. The minimum absolute atomic E-state index is 0.509. The highest BCUT2D eigenvalue weighted by Crippen LogP contribution is 2.44. The molecule has 0 spiro atoms. The first-order chi connectivity index (χ1) is 6.48. The quantitative estimate of drug-likeness (QED) is 0.612. The monoisotopic (exact) mass is 195 g/mol. The van der Waals surface area contributed by atoms with E-state index in [9.17, 15) is 0 Å². The highest BCUT2D eigenvalue weighted by atomic mass is 14.4. The van der Waals surface area contributed by atoms with Crippen LogP contribution < -0.4 is 0 Å². The van der Waals surface area contributed by atoms with Gasteiger partial charge in [0.25, 0.3) is 0 Å². The van der Waals surface area contributed by atoms with E-state index >= 15 is 0 Å². The third kappa shape index (κ3) is 2.52. The minimum Gasteiger partial charge on any atom is -0.0651 e. The SMILES string of the molecule is CCC(C)C(C)(C)C1[CH]CC(C)CC1. The van der Waals surface area contributed by atoms with Gasteiger partial charge in [-0.1, -0.05) is 47.5 Å². The van der Waals surface area contributed by atoms with Gasteiger partial charge in [0.15, 0.2) is 0 Å². The molecule has 3 atom stereocenters. The van der Waals surface area contributed by atoms with Crippen molar-refractivity contribution in [1.29, 1.82) is 0 Å². The molecular formula is C14H27. The normalized spacial score (nSPS) is 31.5. The molecule has 0 bridgehead atoms. The molecule has 1 rings (SSSR count). The minimum atomic E-state index is 0.509. The van der Waals surface area contributed by atoms with Crippen LogP contribution in [-0.4, -0.2) is 0 Å². The molecule has 0 aromatic rings. The van der Waals surface area contributed by atoms with Gasteiger partial charge in [0.2, 0.25) is 0 Å². The maximum absolute atomic E-state index is 2.60. The summed E-state index contributed by atoms with van der Waals surface area (Å²) in [5.74, 6) is 2.63. The van der Waals surface area contributed by atoms with Crippen LogP contribution in [0.3, 0.4) is 0 Å². The summed E-state index contributed by atoms with van der Waals surface area (Å²) in [5, 5.41) is 0. The Hall–Kier alpha value is 0. The predicted octanol–water partition coefficient (Wildman–Crippen LogP) is 4.70. The maximum atomic E-state index is 2.60. The lowest BCUT2D eigenvalue weighted by atomic mass is 9.63. The van der Waals surface area contributed by atoms with Gasteiger partial charge in [-0.25, -0.2) is 0 Å². The lowest BCUT2D eigenvalue weighted by molar-refractivity contribution is 0.113. The van der Waals surface area contributed by atoms with Gasteiger partial charge in [-0.15, -0.1) is 0 Å². The largest absolute Gasteiger partial charge is 0.0651 e. The fraction of sp³-hybridized carbons (Fsp3) is 0.929. The summed E-state index contributed by atoms with van der Waals surface area (Å²) in [5.41, 5.74) is 0.509. The summed E-state index contributed by atoms with van der Waals surface area (Å²) < 4.78 is 0. The fourth-order valence-corrected chi connectivity index (χ4v) is 2.66. The Morgan fingerprint density at radius 2 is 2.00 bits per heavy atom. The molecule has 1 saturated carbocycles. The van der Waals surface area contributed by atoms with Crippen molar-refractivity contribution in [1.82, 2.24) is 0 Å². The van der Waals surface area contributed by atoms with Crippen LogP contribution in [-0.2, 0) is 0 Å². The summed E-state index contributed by atoms with van der Waals surface area (Å²) in [7, 11) is 0. The molecule has 0 heterocycles. The van der Waals surface area contributed by atoms with E-state index in [2.05, 4.69) is 41.0 Å². The van der Waals surface area contributed by atoms with Crippen molar-refractivity contribution in [2.75, 3.05) is 0 Å². The van der Waals surface area contributed by atoms with E-state index in [1.54, 1.807) is 0 Å². The molecule has 0 aliphatic heterocycles. The van der Waals surface area contributed by atoms with Crippen LogP contribution in [0.4, 0.5) is 0 Å². The summed E-state index contributed by atoms with van der Waals surface area (Å²) in [6, 6.07) is 0. The van der Waals surface area contributed by atoms with Gasteiger partial charge in [0.1, 0.15) is 0 Å². The number of rotatable bonds is 3. The molecule has 0 heteroatoms. The first-order valence-corrected chi connectivity index (χ1v) is 6.31. The molecule has 1 fully saturated rings. The first kappa shape index (κ1) is 12.1. The Kier molecular flexibility index (Phi) is 4.04. The molecule has 0 aromatic carbocycles. The van der Waals surface area contributed by atoms with Crippen molar-refractivity contribution in [3.63, 3.8) is 0 Å². The molecule has 3 unspecified atom stereocenters. The maximum Gasteiger partial charge on any atom is -0.0298 e. The van der Waals surface area contributed by atoms with Crippen molar-refractivity contribution in [3.8, 4) is 0 Å². The van der Waals surface area contributed by atoms with Crippen molar-refractivity contribution in [2.45, 2.75) is 60.3 Å². The van der Waals surface area contributed by atoms with Gasteiger partial charge < -0.3 is 0 Å². The van der Waals surface area contributed by atoms with E-state index in [0.717, 1.165) is 17.8 Å². The van der Waals surface area contributed by atoms with Crippen LogP contribution in [0.25, 0.3) is 0 Å². The van der Waals surface area contributed by atoms with Crippen LogP contribution in [0.5, 0.6) is 0 Å². The standard InChI is InChI=1S/C14H27/c1-6-12(3)14(4,5)13-9-7-11(2)8-10-13/h9,11-13H,6-8,10H2,1-5H3. The molecule has 0 N–H and O–H groups in total. The topological polar surface area (TPSA) is 0 Å². The van der Waals surface area contributed by atoms with Gasteiger partial charge in [-0.05, 0) is 42.4 Å². The predicted molar refractivity (Wildman–Crippen MR) is 64.0 cm³/mol. The van der Waals surface area contributed by atoms with Crippen LogP contribution in [0, 0.1) is 29.6 Å². The Morgan fingerprint density at radius 3 is 2.43 bits per heavy atom. The molecule has 1 aliphatic carbocycles. The summed E-state index contributed by atoms with van der Waals surface area (Å²) >= 11 is 0. The van der Waals surface area contributed by atoms with Crippen LogP contribution in [0.15, 0.2) is 0 Å². The van der Waals surface area contributed by atoms with E-state index in [-0.39, 0.29) is 0 Å². The Labute approximate surface area is 90.5 Å². The molecule has 83 valence electrons. The molecule has 0 nitrogen and oxygen atoms in total. The Bertz CT molecular complexity index is 161. The van der Waals surface area contributed by atoms with Crippen molar-refractivity contribution in [2.24, 2.45) is 23.2 Å². The van der Waals surface area contributed by atoms with E-state index in [1.807, 2.05) is 0 Å². The fourth-order valence-electron chi connectivity index (χ4n) is 2.66. The van der Waals surface area contributed by atoms with Crippen LogP contribution in [0.1, 0.15) is 60.3 Å². The average molecular weight is 195 g/mol. The molecule has 0 saturated heterocycles. The summed E-state index contributed by atoms with van der Waals surface area (Å²) in [4.78, 5) is 0. The van der Waals surface area contributed by atoms with Crippen LogP contribution in [0.2, 0.25) is 0 Å². The van der Waals surface area contributed by atoms with E-state index in [0.29, 0.717) is 5.41 Å². The molecular weight excluding hydrogens is 168 g/mol. The van der Waals surface area contributed by atoms with Crippen molar-refractivity contribution >= 4 is 0 Å². The van der Waals surface area contributed by atoms with Crippen molar-refractivity contribution in [3.05, 3.63) is 6.42 Å². The second-order valence-electron chi connectivity index (χ2n) is 5.89. The highest BCUT2D eigenvalue weighted by molar-refractivity contribution is 4.94. The second-order valence-corrected chi connectivity index (χ2v) is 5.89. The van der Waals surface area contributed by atoms with E-state index in [4.69, 9.17) is 0 Å². The van der Waals surface area contributed by atoms with Gasteiger partial charge in [0, 0.05) is 0 Å². The molecule has 0 aromatic heterocycles. The van der Waals surface area contributed by atoms with E-state index < -0.39 is 0 Å². The zero-order valence-electron chi connectivity index (χ0n) is 10.6. The lowest BCUT2D eigenvalue weighted by Crippen LogP contribution is -2.33. The highest BCUT2D eigenvalue weighted by Gasteiger charge is 2.35. The molecule has 1 aliphatic rings. The summed E-state index contributed by atoms with van der Waals surface area (Å²) in [6.45, 7) is 12.0. The third-order valence-corrected chi connectivity index (χ3v) is 4.63. The average Bonchev–Trinajstić information content (AvgIpc) is 2.17. The Morgan fingerprint density at radius 1 is 1.36 bits per heavy atom. The first-order valence-electron chi connectivity index (χ1n) is 6.31.